The first kappa shape index (κ1) is 6.73. The Morgan fingerprint density at radius 3 is 3.27 bits per heavy atom. The summed E-state index contributed by atoms with van der Waals surface area (Å²) in [5, 5.41) is 0. The number of rotatable bonds is 1. The number of pyridine rings is 1. The summed E-state index contributed by atoms with van der Waals surface area (Å²) in [5.74, 6) is 0. The van der Waals surface area contributed by atoms with Gasteiger partial charge in [0, 0.05) is 17.2 Å². The minimum atomic E-state index is 0.858. The first-order valence-electron chi connectivity index (χ1n) is 3.27. The van der Waals surface area contributed by atoms with Crippen LogP contribution in [0.25, 0.3) is 11.1 Å². The lowest BCUT2D eigenvalue weighted by Crippen LogP contribution is -1.73. The molecule has 0 aliphatic carbocycles. The molecule has 0 aromatic carbocycles. The van der Waals surface area contributed by atoms with Crippen LogP contribution in [-0.4, -0.2) is 11.2 Å². The van der Waals surface area contributed by atoms with Gasteiger partial charge in [-0.2, -0.15) is 0 Å². The van der Waals surface area contributed by atoms with Gasteiger partial charge in [-0.15, -0.1) is 11.8 Å². The van der Waals surface area contributed by atoms with Crippen molar-refractivity contribution in [3.8, 4) is 0 Å². The monoisotopic (exact) mass is 165 g/mol. The summed E-state index contributed by atoms with van der Waals surface area (Å²) < 4.78 is 5.18. The number of aromatic nitrogens is 1. The predicted octanol–water partition coefficient (Wildman–Crippen LogP) is 2.55. The number of fused-ring (bicyclic) bond motifs is 1. The van der Waals surface area contributed by atoms with Crippen LogP contribution in [0.2, 0.25) is 0 Å². The average Bonchev–Trinajstić information content (AvgIpc) is 2.50. The standard InChI is InChI=1S/C8H7NOS/c1-11-6-4-8-7(9-5-6)2-3-10-8/h2-5H,1H3. The zero-order chi connectivity index (χ0) is 7.68. The molecule has 0 N–H and O–H groups in total. The van der Waals surface area contributed by atoms with Crippen molar-refractivity contribution in [1.29, 1.82) is 0 Å². The van der Waals surface area contributed by atoms with E-state index in [0.29, 0.717) is 0 Å². The van der Waals surface area contributed by atoms with Crippen molar-refractivity contribution in [2.75, 3.05) is 6.26 Å². The Kier molecular flexibility index (Phi) is 1.58. The Balaban J connectivity index is 2.67. The van der Waals surface area contributed by atoms with Crippen molar-refractivity contribution in [2.45, 2.75) is 4.90 Å². The summed E-state index contributed by atoms with van der Waals surface area (Å²) in [6.07, 6.45) is 5.52. The SMILES string of the molecule is CSc1cnc2ccoc2c1. The van der Waals surface area contributed by atoms with E-state index in [0.717, 1.165) is 16.0 Å². The Morgan fingerprint density at radius 2 is 2.45 bits per heavy atom. The highest BCUT2D eigenvalue weighted by molar-refractivity contribution is 7.98. The molecule has 0 saturated heterocycles. The molecule has 0 saturated carbocycles. The summed E-state index contributed by atoms with van der Waals surface area (Å²) >= 11 is 1.66. The molecule has 2 rings (SSSR count). The third-order valence-electron chi connectivity index (χ3n) is 1.51. The fourth-order valence-electron chi connectivity index (χ4n) is 0.940. The van der Waals surface area contributed by atoms with E-state index in [1.54, 1.807) is 18.0 Å². The second-order valence-electron chi connectivity index (χ2n) is 2.18. The number of nitrogens with zero attached hydrogens (tertiary/aromatic N) is 1. The van der Waals surface area contributed by atoms with E-state index in [-0.39, 0.29) is 0 Å². The van der Waals surface area contributed by atoms with Gasteiger partial charge in [0.15, 0.2) is 5.58 Å². The zero-order valence-electron chi connectivity index (χ0n) is 6.07. The lowest BCUT2D eigenvalue weighted by molar-refractivity contribution is 0.614. The van der Waals surface area contributed by atoms with Crippen LogP contribution in [0.1, 0.15) is 0 Å². The van der Waals surface area contributed by atoms with Crippen LogP contribution in [0.15, 0.2) is 33.9 Å². The minimum Gasteiger partial charge on any atom is -0.463 e. The molecule has 0 atom stereocenters. The maximum Gasteiger partial charge on any atom is 0.153 e. The molecule has 0 bridgehead atoms. The van der Waals surface area contributed by atoms with E-state index in [2.05, 4.69) is 4.98 Å². The Labute approximate surface area is 68.6 Å². The molecule has 0 radical (unpaired) electrons. The molecule has 11 heavy (non-hydrogen) atoms. The van der Waals surface area contributed by atoms with Gasteiger partial charge >= 0.3 is 0 Å². The fourth-order valence-corrected chi connectivity index (χ4v) is 1.32. The van der Waals surface area contributed by atoms with Crippen molar-refractivity contribution >= 4 is 22.9 Å². The molecular weight excluding hydrogens is 158 g/mol. The molecule has 0 aliphatic heterocycles. The van der Waals surface area contributed by atoms with Gasteiger partial charge in [-0.05, 0) is 12.3 Å². The molecule has 0 spiro atoms. The molecule has 2 nitrogen and oxygen atoms in total. The normalized spacial score (nSPS) is 10.6. The summed E-state index contributed by atoms with van der Waals surface area (Å²) in [6.45, 7) is 0. The lowest BCUT2D eigenvalue weighted by Gasteiger charge is -1.92. The van der Waals surface area contributed by atoms with Gasteiger partial charge in [-0.1, -0.05) is 0 Å². The second kappa shape index (κ2) is 2.58. The van der Waals surface area contributed by atoms with Gasteiger partial charge in [-0.3, -0.25) is 4.98 Å². The maximum atomic E-state index is 5.18. The number of hydrogen-bond acceptors (Lipinski definition) is 3. The van der Waals surface area contributed by atoms with E-state index in [4.69, 9.17) is 4.42 Å². The first-order chi connectivity index (χ1) is 5.40. The smallest absolute Gasteiger partial charge is 0.153 e. The van der Waals surface area contributed by atoms with Gasteiger partial charge < -0.3 is 4.42 Å². The molecule has 0 fully saturated rings. The first-order valence-corrected chi connectivity index (χ1v) is 4.50. The number of thioether (sulfide) groups is 1. The van der Waals surface area contributed by atoms with Crippen LogP contribution >= 0.6 is 11.8 Å². The molecule has 2 aromatic heterocycles. The third-order valence-corrected chi connectivity index (χ3v) is 2.21. The van der Waals surface area contributed by atoms with E-state index in [9.17, 15) is 0 Å². The van der Waals surface area contributed by atoms with E-state index < -0.39 is 0 Å². The molecule has 0 aliphatic rings. The molecule has 2 heterocycles. The third kappa shape index (κ3) is 1.12. The minimum absolute atomic E-state index is 0.858. The highest BCUT2D eigenvalue weighted by atomic mass is 32.2. The molecule has 0 amide bonds. The maximum absolute atomic E-state index is 5.18. The van der Waals surface area contributed by atoms with Crippen molar-refractivity contribution in [2.24, 2.45) is 0 Å². The zero-order valence-corrected chi connectivity index (χ0v) is 6.89. The lowest BCUT2D eigenvalue weighted by atomic mass is 10.4. The van der Waals surface area contributed by atoms with E-state index in [1.165, 1.54) is 0 Å². The van der Waals surface area contributed by atoms with E-state index in [1.807, 2.05) is 24.6 Å². The van der Waals surface area contributed by atoms with Crippen LogP contribution in [-0.2, 0) is 0 Å². The van der Waals surface area contributed by atoms with Crippen molar-refractivity contribution in [1.82, 2.24) is 4.98 Å². The quantitative estimate of drug-likeness (QED) is 0.607. The van der Waals surface area contributed by atoms with Crippen molar-refractivity contribution in [3.05, 3.63) is 24.6 Å². The highest BCUT2D eigenvalue weighted by Crippen LogP contribution is 2.19. The largest absolute Gasteiger partial charge is 0.463 e. The summed E-state index contributed by atoms with van der Waals surface area (Å²) in [4.78, 5) is 5.33. The van der Waals surface area contributed by atoms with Gasteiger partial charge in [0.05, 0.1) is 6.26 Å². The van der Waals surface area contributed by atoms with Gasteiger partial charge in [-0.25, -0.2) is 0 Å². The van der Waals surface area contributed by atoms with Gasteiger partial charge in [0.2, 0.25) is 0 Å². The molecular formula is C8H7NOS. The molecule has 0 unspecified atom stereocenters. The van der Waals surface area contributed by atoms with Crippen LogP contribution in [0, 0.1) is 0 Å². The van der Waals surface area contributed by atoms with Crippen molar-refractivity contribution in [3.63, 3.8) is 0 Å². The Morgan fingerprint density at radius 1 is 1.55 bits per heavy atom. The fraction of sp³-hybridized carbons (Fsp3) is 0.125. The predicted molar refractivity (Wildman–Crippen MR) is 45.8 cm³/mol. The van der Waals surface area contributed by atoms with E-state index >= 15 is 0 Å². The summed E-state index contributed by atoms with van der Waals surface area (Å²) in [7, 11) is 0. The van der Waals surface area contributed by atoms with Crippen LogP contribution in [0.3, 0.4) is 0 Å². The molecule has 2 aromatic rings. The number of furan rings is 1. The Bertz CT molecular complexity index is 369. The van der Waals surface area contributed by atoms with Crippen LogP contribution in [0.5, 0.6) is 0 Å². The summed E-state index contributed by atoms with van der Waals surface area (Å²) in [6, 6.07) is 3.85. The molecule has 3 heteroatoms. The number of hydrogen-bond donors (Lipinski definition) is 0. The van der Waals surface area contributed by atoms with Gasteiger partial charge in [0.1, 0.15) is 5.52 Å². The van der Waals surface area contributed by atoms with Crippen LogP contribution < -0.4 is 0 Å². The second-order valence-corrected chi connectivity index (χ2v) is 3.06. The Hall–Kier alpha value is -0.960. The van der Waals surface area contributed by atoms with Crippen LogP contribution in [0.4, 0.5) is 0 Å². The summed E-state index contributed by atoms with van der Waals surface area (Å²) in [5.41, 5.74) is 1.78. The average molecular weight is 165 g/mol. The topological polar surface area (TPSA) is 26.0 Å². The van der Waals surface area contributed by atoms with Crippen molar-refractivity contribution < 1.29 is 4.42 Å². The highest BCUT2D eigenvalue weighted by Gasteiger charge is 1.97. The molecule has 56 valence electrons. The van der Waals surface area contributed by atoms with Gasteiger partial charge in [0.25, 0.3) is 0 Å².